The van der Waals surface area contributed by atoms with Crippen LogP contribution in [0.2, 0.25) is 0 Å². The van der Waals surface area contributed by atoms with Gasteiger partial charge in [0.25, 0.3) is 0 Å². The van der Waals surface area contributed by atoms with Gasteiger partial charge in [0.15, 0.2) is 5.13 Å². The van der Waals surface area contributed by atoms with Crippen LogP contribution in [0.4, 0.5) is 5.13 Å². The van der Waals surface area contributed by atoms with Gasteiger partial charge in [-0.05, 0) is 19.3 Å². The van der Waals surface area contributed by atoms with Gasteiger partial charge in [0.2, 0.25) is 5.91 Å². The van der Waals surface area contributed by atoms with E-state index in [2.05, 4.69) is 10.3 Å². The minimum atomic E-state index is 0.00680. The Morgan fingerprint density at radius 1 is 1.67 bits per heavy atom. The molecule has 2 rings (SSSR count). The maximum Gasteiger partial charge on any atom is 0.226 e. The van der Waals surface area contributed by atoms with Crippen LogP contribution in [0.15, 0.2) is 5.38 Å². The minimum absolute atomic E-state index is 0.00680. The maximum atomic E-state index is 11.4. The highest BCUT2D eigenvalue weighted by molar-refractivity contribution is 7.13. The molecule has 82 valence electrons. The zero-order chi connectivity index (χ0) is 10.7. The van der Waals surface area contributed by atoms with Crippen LogP contribution >= 0.6 is 22.9 Å². The molecule has 0 saturated heterocycles. The first-order valence-electron chi connectivity index (χ1n) is 5.11. The Balaban J connectivity index is 1.84. The molecule has 0 aromatic carbocycles. The minimum Gasteiger partial charge on any atom is -0.302 e. The van der Waals surface area contributed by atoms with Gasteiger partial charge in [-0.15, -0.1) is 22.9 Å². The molecular formula is C10H13ClN2OS. The van der Waals surface area contributed by atoms with Crippen LogP contribution < -0.4 is 5.32 Å². The standard InChI is InChI=1S/C10H13ClN2OS/c11-5-1-2-9(14)13-10-12-8(6-15-10)7-3-4-7/h6-7H,1-5H2,(H,12,13,14). The highest BCUT2D eigenvalue weighted by atomic mass is 35.5. The Bertz CT molecular complexity index is 349. The van der Waals surface area contributed by atoms with Crippen LogP contribution in [-0.2, 0) is 4.79 Å². The molecule has 0 atom stereocenters. The van der Waals surface area contributed by atoms with Gasteiger partial charge >= 0.3 is 0 Å². The van der Waals surface area contributed by atoms with Crippen molar-refractivity contribution in [3.63, 3.8) is 0 Å². The number of rotatable bonds is 5. The lowest BCUT2D eigenvalue weighted by Crippen LogP contribution is -2.11. The van der Waals surface area contributed by atoms with Crippen LogP contribution in [-0.4, -0.2) is 16.8 Å². The molecule has 3 nitrogen and oxygen atoms in total. The molecule has 0 unspecified atom stereocenters. The summed E-state index contributed by atoms with van der Waals surface area (Å²) in [5.74, 6) is 1.18. The highest BCUT2D eigenvalue weighted by Crippen LogP contribution is 2.40. The van der Waals surface area contributed by atoms with E-state index in [9.17, 15) is 4.79 Å². The van der Waals surface area contributed by atoms with Gasteiger partial charge in [-0.1, -0.05) is 0 Å². The summed E-state index contributed by atoms with van der Waals surface area (Å²) in [6.07, 6.45) is 3.67. The fraction of sp³-hybridized carbons (Fsp3) is 0.600. The summed E-state index contributed by atoms with van der Waals surface area (Å²) in [7, 11) is 0. The molecule has 1 aromatic heterocycles. The Labute approximate surface area is 97.9 Å². The molecule has 0 radical (unpaired) electrons. The summed E-state index contributed by atoms with van der Waals surface area (Å²) >= 11 is 7.01. The lowest BCUT2D eigenvalue weighted by molar-refractivity contribution is -0.116. The SMILES string of the molecule is O=C(CCCCl)Nc1nc(C2CC2)cs1. The van der Waals surface area contributed by atoms with E-state index in [4.69, 9.17) is 11.6 Å². The number of thiazole rings is 1. The molecule has 1 aliphatic rings. The average Bonchev–Trinajstić information content (AvgIpc) is 2.98. The monoisotopic (exact) mass is 244 g/mol. The third-order valence-electron chi connectivity index (χ3n) is 2.30. The lowest BCUT2D eigenvalue weighted by atomic mass is 10.3. The first kappa shape index (κ1) is 10.9. The number of nitrogens with one attached hydrogen (secondary N) is 1. The number of anilines is 1. The Kier molecular flexibility index (Phi) is 3.59. The number of alkyl halides is 1. The third-order valence-corrected chi connectivity index (χ3v) is 3.34. The molecule has 1 heterocycles. The van der Waals surface area contributed by atoms with Crippen molar-refractivity contribution in [2.75, 3.05) is 11.2 Å². The zero-order valence-electron chi connectivity index (χ0n) is 8.33. The first-order valence-corrected chi connectivity index (χ1v) is 6.52. The Hall–Kier alpha value is -0.610. The van der Waals surface area contributed by atoms with Gasteiger partial charge in [-0.2, -0.15) is 0 Å². The van der Waals surface area contributed by atoms with E-state index in [-0.39, 0.29) is 5.91 Å². The van der Waals surface area contributed by atoms with Crippen molar-refractivity contribution in [3.05, 3.63) is 11.1 Å². The van der Waals surface area contributed by atoms with Gasteiger partial charge in [0.1, 0.15) is 0 Å². The molecule has 1 N–H and O–H groups in total. The van der Waals surface area contributed by atoms with E-state index in [1.165, 1.54) is 24.2 Å². The topological polar surface area (TPSA) is 42.0 Å². The molecule has 15 heavy (non-hydrogen) atoms. The molecule has 1 amide bonds. The Morgan fingerprint density at radius 3 is 3.13 bits per heavy atom. The molecule has 0 spiro atoms. The summed E-state index contributed by atoms with van der Waals surface area (Å²) < 4.78 is 0. The molecular weight excluding hydrogens is 232 g/mol. The smallest absolute Gasteiger partial charge is 0.226 e. The van der Waals surface area contributed by atoms with Gasteiger partial charge in [-0.25, -0.2) is 4.98 Å². The fourth-order valence-electron chi connectivity index (χ4n) is 1.32. The quantitative estimate of drug-likeness (QED) is 0.810. The summed E-state index contributed by atoms with van der Waals surface area (Å²) in [5.41, 5.74) is 1.13. The van der Waals surface area contributed by atoms with E-state index in [1.807, 2.05) is 5.38 Å². The average molecular weight is 245 g/mol. The molecule has 0 bridgehead atoms. The van der Waals surface area contributed by atoms with Crippen LogP contribution in [0.5, 0.6) is 0 Å². The van der Waals surface area contributed by atoms with E-state index in [1.54, 1.807) is 0 Å². The fourth-order valence-corrected chi connectivity index (χ4v) is 2.26. The van der Waals surface area contributed by atoms with Crippen LogP contribution in [0, 0.1) is 0 Å². The van der Waals surface area contributed by atoms with Crippen LogP contribution in [0.3, 0.4) is 0 Å². The first-order chi connectivity index (χ1) is 7.29. The maximum absolute atomic E-state index is 11.4. The number of hydrogen-bond acceptors (Lipinski definition) is 3. The van der Waals surface area contributed by atoms with E-state index in [0.29, 0.717) is 24.6 Å². The second kappa shape index (κ2) is 4.94. The van der Waals surface area contributed by atoms with Gasteiger partial charge in [-0.3, -0.25) is 4.79 Å². The summed E-state index contributed by atoms with van der Waals surface area (Å²) in [6.45, 7) is 0. The number of halogens is 1. The second-order valence-electron chi connectivity index (χ2n) is 3.69. The molecule has 0 aliphatic heterocycles. The van der Waals surface area contributed by atoms with Crippen molar-refractivity contribution in [2.24, 2.45) is 0 Å². The zero-order valence-corrected chi connectivity index (χ0v) is 9.90. The number of nitrogens with zero attached hydrogens (tertiary/aromatic N) is 1. The van der Waals surface area contributed by atoms with E-state index >= 15 is 0 Å². The van der Waals surface area contributed by atoms with Crippen molar-refractivity contribution in [1.29, 1.82) is 0 Å². The van der Waals surface area contributed by atoms with Gasteiger partial charge in [0.05, 0.1) is 5.69 Å². The number of hydrogen-bond donors (Lipinski definition) is 1. The van der Waals surface area contributed by atoms with Crippen molar-refractivity contribution >= 4 is 34.0 Å². The van der Waals surface area contributed by atoms with Gasteiger partial charge < -0.3 is 5.32 Å². The molecule has 1 aliphatic carbocycles. The Morgan fingerprint density at radius 2 is 2.47 bits per heavy atom. The number of amides is 1. The van der Waals surface area contributed by atoms with Crippen molar-refractivity contribution in [3.8, 4) is 0 Å². The predicted octanol–water partition coefficient (Wildman–Crippen LogP) is 2.98. The second-order valence-corrected chi connectivity index (χ2v) is 4.93. The number of carbonyl (C=O) groups excluding carboxylic acids is 1. The van der Waals surface area contributed by atoms with E-state index in [0.717, 1.165) is 10.8 Å². The molecule has 1 saturated carbocycles. The number of aromatic nitrogens is 1. The largest absolute Gasteiger partial charge is 0.302 e. The summed E-state index contributed by atoms with van der Waals surface area (Å²) in [5, 5.41) is 5.55. The van der Waals surface area contributed by atoms with E-state index < -0.39 is 0 Å². The summed E-state index contributed by atoms with van der Waals surface area (Å²) in [4.78, 5) is 15.7. The number of carbonyl (C=O) groups is 1. The van der Waals surface area contributed by atoms with Crippen molar-refractivity contribution in [2.45, 2.75) is 31.6 Å². The highest BCUT2D eigenvalue weighted by Gasteiger charge is 2.26. The van der Waals surface area contributed by atoms with Gasteiger partial charge in [0, 0.05) is 23.6 Å². The molecule has 5 heteroatoms. The normalized spacial score (nSPS) is 15.3. The molecule has 1 fully saturated rings. The van der Waals surface area contributed by atoms with Crippen molar-refractivity contribution in [1.82, 2.24) is 4.98 Å². The van der Waals surface area contributed by atoms with Crippen LogP contribution in [0.1, 0.15) is 37.3 Å². The predicted molar refractivity (Wildman–Crippen MR) is 62.7 cm³/mol. The molecule has 1 aromatic rings. The lowest BCUT2D eigenvalue weighted by Gasteiger charge is -1.98. The summed E-state index contributed by atoms with van der Waals surface area (Å²) in [6, 6.07) is 0. The third kappa shape index (κ3) is 3.18. The van der Waals surface area contributed by atoms with Crippen molar-refractivity contribution < 1.29 is 4.79 Å². The van der Waals surface area contributed by atoms with Crippen LogP contribution in [0.25, 0.3) is 0 Å².